The molecule has 30 heavy (non-hydrogen) atoms. The highest BCUT2D eigenvalue weighted by Crippen LogP contribution is 2.36. The van der Waals surface area contributed by atoms with Crippen molar-refractivity contribution in [3.8, 4) is 0 Å². The number of nitrogens with one attached hydrogen (secondary N) is 1. The van der Waals surface area contributed by atoms with E-state index in [0.29, 0.717) is 37.7 Å². The molecule has 1 saturated heterocycles. The third-order valence-corrected chi connectivity index (χ3v) is 6.47. The molecule has 0 radical (unpaired) electrons. The van der Waals surface area contributed by atoms with Crippen molar-refractivity contribution in [1.82, 2.24) is 0 Å². The van der Waals surface area contributed by atoms with Crippen molar-refractivity contribution in [3.05, 3.63) is 48.3 Å². The minimum atomic E-state index is -5.74. The Labute approximate surface area is 170 Å². The van der Waals surface area contributed by atoms with E-state index < -0.39 is 26.1 Å². The molecule has 1 fully saturated rings. The quantitative estimate of drug-likeness (QED) is 0.687. The topological polar surface area (TPSA) is 92.5 Å². The van der Waals surface area contributed by atoms with Crippen molar-refractivity contribution < 1.29 is 30.8 Å². The number of hydrogen-bond donors (Lipinski definition) is 2. The molecule has 2 aromatic carbocycles. The lowest BCUT2D eigenvalue weighted by Gasteiger charge is -2.32. The summed E-state index contributed by atoms with van der Waals surface area (Å²) in [5.41, 5.74) is 0.546. The Morgan fingerprint density at radius 1 is 1.07 bits per heavy atom. The van der Waals surface area contributed by atoms with Gasteiger partial charge in [-0.3, -0.25) is 4.79 Å². The number of nitrogens with two attached hydrogens (primary N) is 1. The smallest absolute Gasteiger partial charge is 0.371 e. The maximum absolute atomic E-state index is 13.4. The monoisotopic (exact) mass is 445 g/mol. The summed E-state index contributed by atoms with van der Waals surface area (Å²) in [5, 5.41) is 2.60. The Kier molecular flexibility index (Phi) is 5.93. The molecule has 0 aromatic heterocycles. The summed E-state index contributed by atoms with van der Waals surface area (Å²) >= 11 is 0. The van der Waals surface area contributed by atoms with Gasteiger partial charge >= 0.3 is 5.51 Å². The van der Waals surface area contributed by atoms with E-state index >= 15 is 0 Å². The number of anilines is 3. The van der Waals surface area contributed by atoms with Gasteiger partial charge in [0.15, 0.2) is 0 Å². The Morgan fingerprint density at radius 3 is 2.20 bits per heavy atom. The number of piperidine rings is 1. The lowest BCUT2D eigenvalue weighted by atomic mass is 9.96. The molecule has 0 atom stereocenters. The van der Waals surface area contributed by atoms with E-state index in [0.717, 1.165) is 17.8 Å². The normalized spacial score (nSPS) is 15.8. The van der Waals surface area contributed by atoms with Gasteiger partial charge in [0.1, 0.15) is 10.7 Å². The Morgan fingerprint density at radius 2 is 1.67 bits per heavy atom. The van der Waals surface area contributed by atoms with Gasteiger partial charge in [-0.2, -0.15) is 13.2 Å². The van der Waals surface area contributed by atoms with E-state index in [1.807, 2.05) is 4.90 Å². The molecule has 1 amide bonds. The zero-order valence-corrected chi connectivity index (χ0v) is 16.4. The first-order valence-electron chi connectivity index (χ1n) is 9.01. The van der Waals surface area contributed by atoms with Crippen molar-refractivity contribution in [2.24, 2.45) is 11.7 Å². The van der Waals surface area contributed by atoms with Crippen LogP contribution >= 0.6 is 0 Å². The van der Waals surface area contributed by atoms with Gasteiger partial charge in [0.05, 0.1) is 5.69 Å². The van der Waals surface area contributed by atoms with E-state index in [9.17, 15) is 30.8 Å². The van der Waals surface area contributed by atoms with Crippen LogP contribution in [0.3, 0.4) is 0 Å². The summed E-state index contributed by atoms with van der Waals surface area (Å²) in [6, 6.07) is 8.72. The highest BCUT2D eigenvalue weighted by atomic mass is 32.2. The number of halogens is 4. The molecule has 3 rings (SSSR count). The summed E-state index contributed by atoms with van der Waals surface area (Å²) in [4.78, 5) is 12.1. The molecule has 6 nitrogen and oxygen atoms in total. The first-order valence-corrected chi connectivity index (χ1v) is 10.5. The SMILES string of the molecule is NC(=O)C1CCN(c2ccc(Nc3ccc(F)cc3S(=O)(=O)C(F)(F)F)cc2)CC1. The van der Waals surface area contributed by atoms with Crippen LogP contribution in [0, 0.1) is 11.7 Å². The highest BCUT2D eigenvalue weighted by molar-refractivity contribution is 7.92. The molecule has 0 aliphatic carbocycles. The summed E-state index contributed by atoms with van der Waals surface area (Å²) < 4.78 is 75.8. The van der Waals surface area contributed by atoms with Crippen molar-refractivity contribution in [1.29, 1.82) is 0 Å². The molecule has 3 N–H and O–H groups in total. The number of carbonyl (C=O) groups excluding carboxylic acids is 1. The van der Waals surface area contributed by atoms with Gasteiger partial charge in [-0.05, 0) is 55.3 Å². The molecule has 1 heterocycles. The third kappa shape index (κ3) is 4.50. The van der Waals surface area contributed by atoms with Crippen molar-refractivity contribution in [2.75, 3.05) is 23.3 Å². The number of benzene rings is 2. The van der Waals surface area contributed by atoms with E-state index in [-0.39, 0.29) is 17.5 Å². The number of hydrogen-bond acceptors (Lipinski definition) is 5. The second kappa shape index (κ2) is 8.13. The number of primary amides is 1. The van der Waals surface area contributed by atoms with Crippen LogP contribution < -0.4 is 16.0 Å². The number of rotatable bonds is 5. The number of carbonyl (C=O) groups is 1. The zero-order chi connectivity index (χ0) is 22.1. The maximum atomic E-state index is 13.4. The van der Waals surface area contributed by atoms with Crippen LogP contribution in [0.2, 0.25) is 0 Å². The lowest BCUT2D eigenvalue weighted by Crippen LogP contribution is -2.38. The molecule has 1 aliphatic heterocycles. The lowest BCUT2D eigenvalue weighted by molar-refractivity contribution is -0.122. The van der Waals surface area contributed by atoms with Crippen LogP contribution in [0.4, 0.5) is 34.6 Å². The van der Waals surface area contributed by atoms with Gasteiger partial charge < -0.3 is 16.0 Å². The summed E-state index contributed by atoms with van der Waals surface area (Å²) in [6.07, 6.45) is 1.26. The van der Waals surface area contributed by atoms with Crippen molar-refractivity contribution in [3.63, 3.8) is 0 Å². The predicted molar refractivity (Wildman–Crippen MR) is 103 cm³/mol. The minimum Gasteiger partial charge on any atom is -0.371 e. The molecular formula is C19H19F4N3O3S. The van der Waals surface area contributed by atoms with Gasteiger partial charge in [-0.25, -0.2) is 12.8 Å². The molecule has 0 saturated carbocycles. The van der Waals surface area contributed by atoms with Crippen LogP contribution in [0.25, 0.3) is 0 Å². The average molecular weight is 445 g/mol. The molecule has 0 bridgehead atoms. The van der Waals surface area contributed by atoms with Crippen molar-refractivity contribution >= 4 is 32.8 Å². The summed E-state index contributed by atoms with van der Waals surface area (Å²) in [7, 11) is -5.74. The number of alkyl halides is 3. The second-order valence-electron chi connectivity index (χ2n) is 6.93. The van der Waals surface area contributed by atoms with Crippen LogP contribution in [-0.2, 0) is 14.6 Å². The van der Waals surface area contributed by atoms with Crippen LogP contribution in [0.15, 0.2) is 47.4 Å². The summed E-state index contributed by atoms with van der Waals surface area (Å²) in [5.74, 6) is -1.58. The number of amides is 1. The summed E-state index contributed by atoms with van der Waals surface area (Å²) in [6.45, 7) is 1.26. The highest BCUT2D eigenvalue weighted by Gasteiger charge is 2.48. The van der Waals surface area contributed by atoms with E-state index in [1.165, 1.54) is 0 Å². The molecule has 0 spiro atoms. The molecule has 0 unspecified atom stereocenters. The fraction of sp³-hybridized carbons (Fsp3) is 0.316. The van der Waals surface area contributed by atoms with Crippen LogP contribution in [0.1, 0.15) is 12.8 Å². The van der Waals surface area contributed by atoms with Crippen LogP contribution in [-0.4, -0.2) is 32.9 Å². The van der Waals surface area contributed by atoms with Gasteiger partial charge in [0, 0.05) is 30.4 Å². The predicted octanol–water partition coefficient (Wildman–Crippen LogP) is 3.56. The van der Waals surface area contributed by atoms with E-state index in [1.54, 1.807) is 24.3 Å². The fourth-order valence-electron chi connectivity index (χ4n) is 3.28. The van der Waals surface area contributed by atoms with Gasteiger partial charge in [0.25, 0.3) is 9.84 Å². The number of nitrogens with zero attached hydrogens (tertiary/aromatic N) is 1. The van der Waals surface area contributed by atoms with Crippen molar-refractivity contribution in [2.45, 2.75) is 23.2 Å². The van der Waals surface area contributed by atoms with E-state index in [4.69, 9.17) is 5.73 Å². The third-order valence-electron chi connectivity index (χ3n) is 4.95. The fourth-order valence-corrected chi connectivity index (χ4v) is 4.21. The van der Waals surface area contributed by atoms with E-state index in [2.05, 4.69) is 5.32 Å². The molecule has 11 heteroatoms. The minimum absolute atomic E-state index is 0.158. The Hall–Kier alpha value is -2.82. The molecule has 162 valence electrons. The van der Waals surface area contributed by atoms with Gasteiger partial charge in [-0.15, -0.1) is 0 Å². The Bertz CT molecular complexity index is 1030. The maximum Gasteiger partial charge on any atom is 0.501 e. The average Bonchev–Trinajstić information content (AvgIpc) is 2.69. The largest absolute Gasteiger partial charge is 0.501 e. The number of sulfone groups is 1. The molecule has 1 aliphatic rings. The van der Waals surface area contributed by atoms with Crippen LogP contribution in [0.5, 0.6) is 0 Å². The van der Waals surface area contributed by atoms with Gasteiger partial charge in [0.2, 0.25) is 5.91 Å². The Balaban J connectivity index is 1.79. The first-order chi connectivity index (χ1) is 14.0. The molecular weight excluding hydrogens is 426 g/mol. The molecule has 2 aromatic rings. The zero-order valence-electron chi connectivity index (χ0n) is 15.6. The first kappa shape index (κ1) is 21.9. The standard InChI is InChI=1S/C19H19F4N3O3S/c20-13-1-6-16(17(11-13)30(28,29)19(21,22)23)25-14-2-4-15(5-3-14)26-9-7-12(8-10-26)18(24)27/h1-6,11-12,25H,7-10H2,(H2,24,27). The second-order valence-corrected chi connectivity index (χ2v) is 8.83. The van der Waals surface area contributed by atoms with Gasteiger partial charge in [-0.1, -0.05) is 0 Å².